The number of hydrogen-bond acceptors (Lipinski definition) is 6. The zero-order valence-electron chi connectivity index (χ0n) is 21.1. The van der Waals surface area contributed by atoms with Crippen molar-refractivity contribution in [3.63, 3.8) is 0 Å². The number of carbonyl (C=O) groups excluding carboxylic acids is 2. The van der Waals surface area contributed by atoms with E-state index in [-0.39, 0.29) is 42.1 Å². The van der Waals surface area contributed by atoms with E-state index in [1.54, 1.807) is 14.1 Å². The van der Waals surface area contributed by atoms with E-state index in [0.717, 1.165) is 12.8 Å². The zero-order chi connectivity index (χ0) is 23.4. The summed E-state index contributed by atoms with van der Waals surface area (Å²) in [6.07, 6.45) is 5.92. The average Bonchev–Trinajstić information content (AvgIpc) is 2.71. The Labute approximate surface area is 180 Å². The van der Waals surface area contributed by atoms with Crippen LogP contribution in [0.25, 0.3) is 0 Å². The standard InChI is InChI=1S/C10H19NO2.C9H19NO2.2C2H6/c1-8(11-2)10(12)13-9-6-4-3-5-7-9;1-6(2)8(10-5)9(11)12-7(3)4;2*1-2/h8-9,11H,3-7H2,1-2H3;6-8,10H,1-5H3;2*1-2H3. The first-order valence-corrected chi connectivity index (χ1v) is 11.5. The Hall–Kier alpha value is -1.14. The van der Waals surface area contributed by atoms with Crippen LogP contribution in [0, 0.1) is 5.92 Å². The molecule has 1 fully saturated rings. The first-order chi connectivity index (χ1) is 13.7. The van der Waals surface area contributed by atoms with E-state index < -0.39 is 0 Å². The molecule has 6 heteroatoms. The van der Waals surface area contributed by atoms with Crippen LogP contribution in [-0.4, -0.2) is 50.3 Å². The molecule has 0 aromatic heterocycles. The van der Waals surface area contributed by atoms with Crippen molar-refractivity contribution in [2.75, 3.05) is 14.1 Å². The lowest BCUT2D eigenvalue weighted by molar-refractivity contribution is -0.152. The molecule has 0 aromatic rings. The maximum absolute atomic E-state index is 11.4. The summed E-state index contributed by atoms with van der Waals surface area (Å²) in [6, 6.07) is -0.366. The fourth-order valence-electron chi connectivity index (χ4n) is 2.60. The molecule has 1 rings (SSSR count). The van der Waals surface area contributed by atoms with Gasteiger partial charge in [-0.05, 0) is 66.5 Å². The number of nitrogens with one attached hydrogen (secondary N) is 2. The number of rotatable bonds is 7. The van der Waals surface area contributed by atoms with Crippen LogP contribution in [0.4, 0.5) is 0 Å². The van der Waals surface area contributed by atoms with Crippen LogP contribution < -0.4 is 10.6 Å². The minimum Gasteiger partial charge on any atom is -0.462 e. The lowest BCUT2D eigenvalue weighted by Gasteiger charge is -2.23. The van der Waals surface area contributed by atoms with Gasteiger partial charge in [-0.2, -0.15) is 0 Å². The van der Waals surface area contributed by atoms with E-state index >= 15 is 0 Å². The van der Waals surface area contributed by atoms with Crippen molar-refractivity contribution in [2.45, 2.75) is 119 Å². The number of esters is 2. The summed E-state index contributed by atoms with van der Waals surface area (Å²) in [7, 11) is 3.54. The van der Waals surface area contributed by atoms with Gasteiger partial charge in [0.1, 0.15) is 18.2 Å². The van der Waals surface area contributed by atoms with E-state index in [4.69, 9.17) is 9.47 Å². The van der Waals surface area contributed by atoms with E-state index in [9.17, 15) is 9.59 Å². The highest BCUT2D eigenvalue weighted by Crippen LogP contribution is 2.20. The van der Waals surface area contributed by atoms with Gasteiger partial charge in [0.05, 0.1) is 6.10 Å². The number of carbonyl (C=O) groups is 2. The van der Waals surface area contributed by atoms with Gasteiger partial charge in [0, 0.05) is 0 Å². The van der Waals surface area contributed by atoms with E-state index in [0.29, 0.717) is 0 Å². The first kappa shape index (κ1) is 32.5. The monoisotopic (exact) mass is 418 g/mol. The third-order valence-corrected chi connectivity index (χ3v) is 4.21. The van der Waals surface area contributed by atoms with Gasteiger partial charge in [0.2, 0.25) is 0 Å². The highest BCUT2D eigenvalue weighted by molar-refractivity contribution is 5.76. The molecule has 2 N–H and O–H groups in total. The molecule has 176 valence electrons. The molecule has 6 nitrogen and oxygen atoms in total. The molecule has 2 atom stereocenters. The third-order valence-electron chi connectivity index (χ3n) is 4.21. The minimum absolute atomic E-state index is 0.0351. The van der Waals surface area contributed by atoms with Gasteiger partial charge in [-0.15, -0.1) is 0 Å². The Bertz CT molecular complexity index is 381. The molecule has 2 unspecified atom stereocenters. The molecule has 0 amide bonds. The molecule has 0 spiro atoms. The van der Waals surface area contributed by atoms with Gasteiger partial charge in [-0.3, -0.25) is 9.59 Å². The molecule has 1 aliphatic carbocycles. The van der Waals surface area contributed by atoms with Crippen molar-refractivity contribution in [1.29, 1.82) is 0 Å². The summed E-state index contributed by atoms with van der Waals surface area (Å²) >= 11 is 0. The quantitative estimate of drug-likeness (QED) is 0.583. The molecule has 0 aliphatic heterocycles. The lowest BCUT2D eigenvalue weighted by atomic mass is 9.98. The number of hydrogen-bond donors (Lipinski definition) is 2. The molecule has 1 aliphatic rings. The van der Waals surface area contributed by atoms with Crippen molar-refractivity contribution in [2.24, 2.45) is 5.92 Å². The molecular weight excluding hydrogens is 368 g/mol. The van der Waals surface area contributed by atoms with Gasteiger partial charge < -0.3 is 20.1 Å². The second kappa shape index (κ2) is 21.6. The van der Waals surface area contributed by atoms with Crippen molar-refractivity contribution in [3.8, 4) is 0 Å². The molecule has 0 radical (unpaired) electrons. The fourth-order valence-corrected chi connectivity index (χ4v) is 2.60. The summed E-state index contributed by atoms with van der Waals surface area (Å²) < 4.78 is 10.4. The minimum atomic E-state index is -0.188. The molecule has 0 heterocycles. The average molecular weight is 419 g/mol. The smallest absolute Gasteiger partial charge is 0.323 e. The zero-order valence-corrected chi connectivity index (χ0v) is 21.1. The second-order valence-corrected chi connectivity index (χ2v) is 7.20. The SMILES string of the molecule is CC.CC.CNC(C(=O)OC(C)C)C(C)C.CNC(C)C(=O)OC1CCCCC1. The van der Waals surface area contributed by atoms with Gasteiger partial charge in [-0.25, -0.2) is 0 Å². The highest BCUT2D eigenvalue weighted by atomic mass is 16.5. The van der Waals surface area contributed by atoms with Gasteiger partial charge in [-0.1, -0.05) is 48.0 Å². The summed E-state index contributed by atoms with van der Waals surface area (Å²) in [5.41, 5.74) is 0. The van der Waals surface area contributed by atoms with E-state index in [1.807, 2.05) is 62.3 Å². The topological polar surface area (TPSA) is 76.7 Å². The Morgan fingerprint density at radius 3 is 1.62 bits per heavy atom. The predicted octanol–water partition coefficient (Wildman–Crippen LogP) is 4.70. The van der Waals surface area contributed by atoms with Gasteiger partial charge >= 0.3 is 11.9 Å². The summed E-state index contributed by atoms with van der Waals surface area (Å²) in [5, 5.41) is 5.81. The van der Waals surface area contributed by atoms with Crippen LogP contribution >= 0.6 is 0 Å². The fraction of sp³-hybridized carbons (Fsp3) is 0.913. The third kappa shape index (κ3) is 17.4. The number of likely N-dealkylation sites (N-methyl/N-ethyl adjacent to an activating group) is 2. The molecule has 0 saturated heterocycles. The van der Waals surface area contributed by atoms with E-state index in [1.165, 1.54) is 19.3 Å². The van der Waals surface area contributed by atoms with Crippen LogP contribution in [0.5, 0.6) is 0 Å². The summed E-state index contributed by atoms with van der Waals surface area (Å²) in [4.78, 5) is 22.7. The molecule has 1 saturated carbocycles. The summed E-state index contributed by atoms with van der Waals surface area (Å²) in [6.45, 7) is 17.5. The van der Waals surface area contributed by atoms with Crippen LogP contribution in [0.1, 0.15) is 94.4 Å². The van der Waals surface area contributed by atoms with Crippen molar-refractivity contribution < 1.29 is 19.1 Å². The molecule has 0 bridgehead atoms. The van der Waals surface area contributed by atoms with Crippen LogP contribution in [0.3, 0.4) is 0 Å². The van der Waals surface area contributed by atoms with Gasteiger partial charge in [0.25, 0.3) is 0 Å². The lowest BCUT2D eigenvalue weighted by Crippen LogP contribution is -2.40. The maximum atomic E-state index is 11.4. The first-order valence-electron chi connectivity index (χ1n) is 11.5. The maximum Gasteiger partial charge on any atom is 0.323 e. The number of ether oxygens (including phenoxy) is 2. The van der Waals surface area contributed by atoms with Crippen LogP contribution in [-0.2, 0) is 19.1 Å². The Morgan fingerprint density at radius 2 is 1.28 bits per heavy atom. The van der Waals surface area contributed by atoms with Gasteiger partial charge in [0.15, 0.2) is 0 Å². The highest BCUT2D eigenvalue weighted by Gasteiger charge is 2.22. The normalized spacial score (nSPS) is 15.5. The van der Waals surface area contributed by atoms with Crippen LogP contribution in [0.2, 0.25) is 0 Å². The Morgan fingerprint density at radius 1 is 0.793 bits per heavy atom. The van der Waals surface area contributed by atoms with E-state index in [2.05, 4.69) is 10.6 Å². The molecule has 29 heavy (non-hydrogen) atoms. The van der Waals surface area contributed by atoms with Crippen molar-refractivity contribution in [1.82, 2.24) is 10.6 Å². The summed E-state index contributed by atoms with van der Waals surface area (Å²) in [5.74, 6) is -0.0156. The van der Waals surface area contributed by atoms with Crippen molar-refractivity contribution >= 4 is 11.9 Å². The second-order valence-electron chi connectivity index (χ2n) is 7.20. The van der Waals surface area contributed by atoms with Crippen LogP contribution in [0.15, 0.2) is 0 Å². The molecular formula is C23H50N2O4. The largest absolute Gasteiger partial charge is 0.462 e. The predicted molar refractivity (Wildman–Crippen MR) is 123 cm³/mol. The Balaban J connectivity index is -0.000000399. The van der Waals surface area contributed by atoms with Crippen molar-refractivity contribution in [3.05, 3.63) is 0 Å². The molecule has 0 aromatic carbocycles. The Kier molecular flexibility index (Phi) is 24.2.